The van der Waals surface area contributed by atoms with E-state index in [1.807, 2.05) is 30.0 Å². The van der Waals surface area contributed by atoms with Crippen LogP contribution in [0, 0.1) is 5.92 Å². The minimum atomic E-state index is 0.658. The lowest BCUT2D eigenvalue weighted by Crippen LogP contribution is -2.05. The van der Waals surface area contributed by atoms with Crippen molar-refractivity contribution in [3.8, 4) is 0 Å². The summed E-state index contributed by atoms with van der Waals surface area (Å²) >= 11 is 1.81. The molecule has 0 aliphatic rings. The topological polar surface area (TPSA) is 37.8 Å². The van der Waals surface area contributed by atoms with E-state index in [9.17, 15) is 0 Å². The Morgan fingerprint density at radius 1 is 1.21 bits per heavy atom. The van der Waals surface area contributed by atoms with Crippen LogP contribution in [0.3, 0.4) is 0 Å². The summed E-state index contributed by atoms with van der Waals surface area (Å²) < 4.78 is 0. The van der Waals surface area contributed by atoms with Gasteiger partial charge in [-0.25, -0.2) is 9.97 Å². The van der Waals surface area contributed by atoms with Crippen LogP contribution in [-0.4, -0.2) is 22.3 Å². The summed E-state index contributed by atoms with van der Waals surface area (Å²) in [5, 5.41) is 5.51. The summed E-state index contributed by atoms with van der Waals surface area (Å²) in [6.07, 6.45) is 1.07. The molecule has 4 heteroatoms. The van der Waals surface area contributed by atoms with Crippen LogP contribution in [-0.2, 0) is 0 Å². The first-order valence-corrected chi connectivity index (χ1v) is 7.82. The van der Waals surface area contributed by atoms with Crippen molar-refractivity contribution in [2.75, 3.05) is 17.6 Å². The number of nitrogens with one attached hydrogen (secondary N) is 1. The van der Waals surface area contributed by atoms with Gasteiger partial charge in [0.1, 0.15) is 5.03 Å². The Morgan fingerprint density at radius 3 is 2.74 bits per heavy atom. The third kappa shape index (κ3) is 3.83. The lowest BCUT2D eigenvalue weighted by atomic mass is 10.2. The lowest BCUT2D eigenvalue weighted by Gasteiger charge is -2.10. The van der Waals surface area contributed by atoms with Crippen molar-refractivity contribution >= 4 is 28.6 Å². The minimum Gasteiger partial charge on any atom is -0.354 e. The summed E-state index contributed by atoms with van der Waals surface area (Å²) in [5.74, 6) is 2.48. The number of thioether (sulfide) groups is 1. The van der Waals surface area contributed by atoms with Gasteiger partial charge in [-0.05, 0) is 18.4 Å². The van der Waals surface area contributed by atoms with Crippen LogP contribution in [0.15, 0.2) is 29.3 Å². The Hall–Kier alpha value is -1.29. The zero-order chi connectivity index (χ0) is 13.7. The Bertz CT molecular complexity index is 540. The average molecular weight is 275 g/mol. The molecule has 1 aromatic heterocycles. The molecule has 0 radical (unpaired) electrons. The monoisotopic (exact) mass is 275 g/mol. The van der Waals surface area contributed by atoms with E-state index in [2.05, 4.69) is 42.1 Å². The van der Waals surface area contributed by atoms with Crippen molar-refractivity contribution in [3.63, 3.8) is 0 Å². The molecule has 0 saturated heterocycles. The second kappa shape index (κ2) is 6.75. The molecule has 0 bridgehead atoms. The van der Waals surface area contributed by atoms with E-state index in [1.54, 1.807) is 0 Å². The molecule has 0 aliphatic carbocycles. The number of anilines is 1. The highest BCUT2D eigenvalue weighted by Gasteiger charge is 2.08. The maximum Gasteiger partial charge on any atom is 0.224 e. The van der Waals surface area contributed by atoms with Crippen LogP contribution in [0.5, 0.6) is 0 Å². The zero-order valence-corrected chi connectivity index (χ0v) is 12.6. The fourth-order valence-corrected chi connectivity index (χ4v) is 2.69. The van der Waals surface area contributed by atoms with Gasteiger partial charge in [0.05, 0.1) is 5.52 Å². The van der Waals surface area contributed by atoms with Crippen molar-refractivity contribution in [2.45, 2.75) is 32.2 Å². The minimum absolute atomic E-state index is 0.658. The van der Waals surface area contributed by atoms with Crippen LogP contribution in [0.1, 0.15) is 27.2 Å². The lowest BCUT2D eigenvalue weighted by molar-refractivity contribution is 0.749. The summed E-state index contributed by atoms with van der Waals surface area (Å²) in [4.78, 5) is 9.22. The van der Waals surface area contributed by atoms with Crippen molar-refractivity contribution in [3.05, 3.63) is 24.3 Å². The average Bonchev–Trinajstić information content (AvgIpc) is 2.42. The Labute approximate surface area is 119 Å². The molecular weight excluding hydrogens is 254 g/mol. The molecule has 0 atom stereocenters. The van der Waals surface area contributed by atoms with Crippen LogP contribution in [0.2, 0.25) is 0 Å². The van der Waals surface area contributed by atoms with Crippen LogP contribution >= 0.6 is 11.8 Å². The highest BCUT2D eigenvalue weighted by molar-refractivity contribution is 7.99. The number of para-hydroxylation sites is 1. The van der Waals surface area contributed by atoms with E-state index in [0.29, 0.717) is 5.92 Å². The molecule has 102 valence electrons. The molecule has 1 aromatic carbocycles. The normalized spacial score (nSPS) is 11.2. The molecule has 0 aliphatic heterocycles. The third-order valence-corrected chi connectivity index (χ3v) is 4.07. The molecule has 2 rings (SSSR count). The van der Waals surface area contributed by atoms with E-state index in [0.717, 1.165) is 40.6 Å². The van der Waals surface area contributed by atoms with Gasteiger partial charge >= 0.3 is 0 Å². The number of rotatable bonds is 6. The largest absolute Gasteiger partial charge is 0.354 e. The molecule has 0 saturated carbocycles. The fraction of sp³-hybridized carbons (Fsp3) is 0.467. The Kier molecular flexibility index (Phi) is 5.02. The van der Waals surface area contributed by atoms with Gasteiger partial charge in [-0.1, -0.05) is 39.0 Å². The van der Waals surface area contributed by atoms with Gasteiger partial charge < -0.3 is 5.32 Å². The first-order chi connectivity index (χ1) is 9.20. The maximum absolute atomic E-state index is 4.65. The molecule has 0 fully saturated rings. The smallest absolute Gasteiger partial charge is 0.224 e. The number of fused-ring (bicyclic) bond motifs is 1. The SMILES string of the molecule is CCCNc1nc(SCC(C)C)c2ccccc2n1. The summed E-state index contributed by atoms with van der Waals surface area (Å²) in [6.45, 7) is 7.51. The Morgan fingerprint density at radius 2 is 2.00 bits per heavy atom. The highest BCUT2D eigenvalue weighted by atomic mass is 32.2. The highest BCUT2D eigenvalue weighted by Crippen LogP contribution is 2.27. The standard InChI is InChI=1S/C15H21N3S/c1-4-9-16-15-17-13-8-6-5-7-12(13)14(18-15)19-10-11(2)3/h5-8,11H,4,9-10H2,1-3H3,(H,16,17,18). The predicted octanol–water partition coefficient (Wildman–Crippen LogP) is 4.20. The molecule has 0 spiro atoms. The molecule has 3 nitrogen and oxygen atoms in total. The van der Waals surface area contributed by atoms with Crippen molar-refractivity contribution in [1.82, 2.24) is 9.97 Å². The second-order valence-corrected chi connectivity index (χ2v) is 6.01. The zero-order valence-electron chi connectivity index (χ0n) is 11.8. The van der Waals surface area contributed by atoms with Gasteiger partial charge in [0.2, 0.25) is 5.95 Å². The molecular formula is C15H21N3S. The van der Waals surface area contributed by atoms with Crippen molar-refractivity contribution in [1.29, 1.82) is 0 Å². The van der Waals surface area contributed by atoms with Crippen molar-refractivity contribution in [2.24, 2.45) is 5.92 Å². The van der Waals surface area contributed by atoms with Crippen LogP contribution in [0.4, 0.5) is 5.95 Å². The van der Waals surface area contributed by atoms with Crippen molar-refractivity contribution < 1.29 is 0 Å². The predicted molar refractivity (Wildman–Crippen MR) is 83.9 cm³/mol. The number of hydrogen-bond acceptors (Lipinski definition) is 4. The van der Waals surface area contributed by atoms with Gasteiger partial charge in [0.25, 0.3) is 0 Å². The van der Waals surface area contributed by atoms with E-state index >= 15 is 0 Å². The van der Waals surface area contributed by atoms with E-state index in [-0.39, 0.29) is 0 Å². The van der Waals surface area contributed by atoms with Gasteiger partial charge in [0.15, 0.2) is 0 Å². The van der Waals surface area contributed by atoms with Crippen LogP contribution < -0.4 is 5.32 Å². The summed E-state index contributed by atoms with van der Waals surface area (Å²) in [6, 6.07) is 8.22. The van der Waals surface area contributed by atoms with Crippen LogP contribution in [0.25, 0.3) is 10.9 Å². The summed E-state index contributed by atoms with van der Waals surface area (Å²) in [5.41, 5.74) is 1.02. The first-order valence-electron chi connectivity index (χ1n) is 6.84. The van der Waals surface area contributed by atoms with Gasteiger partial charge in [-0.3, -0.25) is 0 Å². The second-order valence-electron chi connectivity index (χ2n) is 5.00. The molecule has 19 heavy (non-hydrogen) atoms. The fourth-order valence-electron chi connectivity index (χ4n) is 1.72. The van der Waals surface area contributed by atoms with E-state index in [4.69, 9.17) is 0 Å². The number of nitrogens with zero attached hydrogens (tertiary/aromatic N) is 2. The van der Waals surface area contributed by atoms with Gasteiger partial charge in [-0.2, -0.15) is 0 Å². The number of aromatic nitrogens is 2. The Balaban J connectivity index is 2.33. The maximum atomic E-state index is 4.65. The van der Waals surface area contributed by atoms with Gasteiger partial charge in [-0.15, -0.1) is 11.8 Å². The van der Waals surface area contributed by atoms with E-state index in [1.165, 1.54) is 0 Å². The molecule has 1 N–H and O–H groups in total. The third-order valence-electron chi connectivity index (χ3n) is 2.65. The molecule has 0 unspecified atom stereocenters. The molecule has 2 aromatic rings. The van der Waals surface area contributed by atoms with E-state index < -0.39 is 0 Å². The first kappa shape index (κ1) is 14.1. The number of benzene rings is 1. The quantitative estimate of drug-likeness (QED) is 0.633. The number of hydrogen-bond donors (Lipinski definition) is 1. The van der Waals surface area contributed by atoms with Gasteiger partial charge in [0, 0.05) is 17.7 Å². The molecule has 0 amide bonds. The molecule has 1 heterocycles. The summed E-state index contributed by atoms with van der Waals surface area (Å²) in [7, 11) is 0.